The second kappa shape index (κ2) is 4.96. The van der Waals surface area contributed by atoms with Crippen molar-refractivity contribution in [2.24, 2.45) is 10.7 Å². The number of benzene rings is 1. The van der Waals surface area contributed by atoms with Crippen LogP contribution in [-0.2, 0) is 0 Å². The lowest BCUT2D eigenvalue weighted by molar-refractivity contribution is 0.757. The Hall–Kier alpha value is -2.36. The molecule has 0 spiro atoms. The zero-order valence-electron chi connectivity index (χ0n) is 11.7. The van der Waals surface area contributed by atoms with Crippen molar-refractivity contribution in [2.75, 3.05) is 11.4 Å². The summed E-state index contributed by atoms with van der Waals surface area (Å²) in [6.45, 7) is 4.85. The number of aromatic nitrogens is 1. The summed E-state index contributed by atoms with van der Waals surface area (Å²) in [6, 6.07) is 10.5. The number of aryl methyl sites for hydroxylation is 2. The van der Waals surface area contributed by atoms with Crippen LogP contribution < -0.4 is 10.6 Å². The zero-order valence-corrected chi connectivity index (χ0v) is 11.7. The Labute approximate surface area is 119 Å². The van der Waals surface area contributed by atoms with Crippen LogP contribution in [-0.4, -0.2) is 17.5 Å². The van der Waals surface area contributed by atoms with Gasteiger partial charge in [0.15, 0.2) is 5.96 Å². The van der Waals surface area contributed by atoms with Gasteiger partial charge < -0.3 is 10.6 Å². The third-order valence-electron chi connectivity index (χ3n) is 3.70. The van der Waals surface area contributed by atoms with Crippen LogP contribution in [0.2, 0.25) is 0 Å². The predicted octanol–water partition coefficient (Wildman–Crippen LogP) is 2.57. The third kappa shape index (κ3) is 2.13. The minimum absolute atomic E-state index is 0.130. The highest BCUT2D eigenvalue weighted by atomic mass is 15.3. The number of aliphatic imine (C=N–C) groups is 1. The summed E-state index contributed by atoms with van der Waals surface area (Å²) in [6.07, 6.45) is 3.73. The van der Waals surface area contributed by atoms with Gasteiger partial charge in [-0.05, 0) is 48.7 Å². The van der Waals surface area contributed by atoms with Crippen LogP contribution >= 0.6 is 0 Å². The number of guanidine groups is 1. The average molecular weight is 266 g/mol. The number of hydrogen-bond donors (Lipinski definition) is 1. The van der Waals surface area contributed by atoms with Crippen molar-refractivity contribution in [3.8, 4) is 0 Å². The summed E-state index contributed by atoms with van der Waals surface area (Å²) < 4.78 is 0. The Morgan fingerprint density at radius 2 is 2.10 bits per heavy atom. The lowest BCUT2D eigenvalue weighted by Crippen LogP contribution is -2.36. The van der Waals surface area contributed by atoms with Crippen molar-refractivity contribution in [1.82, 2.24) is 4.98 Å². The highest BCUT2D eigenvalue weighted by Gasteiger charge is 2.29. The number of hydrogen-bond acceptors (Lipinski definition) is 4. The Bertz CT molecular complexity index is 663. The molecule has 1 aromatic heterocycles. The highest BCUT2D eigenvalue weighted by molar-refractivity contribution is 5.97. The summed E-state index contributed by atoms with van der Waals surface area (Å²) >= 11 is 0. The average Bonchev–Trinajstić information content (AvgIpc) is 2.81. The fourth-order valence-corrected chi connectivity index (χ4v) is 2.65. The van der Waals surface area contributed by atoms with Gasteiger partial charge in [-0.25, -0.2) is 0 Å². The topological polar surface area (TPSA) is 54.5 Å². The quantitative estimate of drug-likeness (QED) is 0.909. The molecule has 0 bridgehead atoms. The van der Waals surface area contributed by atoms with Gasteiger partial charge >= 0.3 is 0 Å². The molecule has 2 heterocycles. The Morgan fingerprint density at radius 1 is 1.25 bits per heavy atom. The molecule has 0 aliphatic carbocycles. The second-order valence-corrected chi connectivity index (χ2v) is 5.16. The molecule has 4 nitrogen and oxygen atoms in total. The van der Waals surface area contributed by atoms with Gasteiger partial charge in [0.05, 0.1) is 12.6 Å². The van der Waals surface area contributed by atoms with E-state index in [0.29, 0.717) is 12.5 Å². The van der Waals surface area contributed by atoms with E-state index in [-0.39, 0.29) is 6.04 Å². The number of anilines is 1. The molecule has 102 valence electrons. The Balaban J connectivity index is 2.03. The summed E-state index contributed by atoms with van der Waals surface area (Å²) in [5.41, 5.74) is 10.8. The molecule has 1 unspecified atom stereocenters. The molecule has 2 aromatic rings. The van der Waals surface area contributed by atoms with Gasteiger partial charge in [-0.2, -0.15) is 0 Å². The fraction of sp³-hybridized carbons (Fsp3) is 0.250. The van der Waals surface area contributed by atoms with Crippen molar-refractivity contribution in [1.29, 1.82) is 0 Å². The van der Waals surface area contributed by atoms with Crippen molar-refractivity contribution in [3.05, 3.63) is 59.4 Å². The van der Waals surface area contributed by atoms with Gasteiger partial charge in [-0.3, -0.25) is 9.98 Å². The number of rotatable bonds is 2. The molecule has 1 aliphatic rings. The maximum atomic E-state index is 6.09. The lowest BCUT2D eigenvalue weighted by Gasteiger charge is -2.27. The Morgan fingerprint density at radius 3 is 2.85 bits per heavy atom. The van der Waals surface area contributed by atoms with Gasteiger partial charge in [0.1, 0.15) is 0 Å². The first-order valence-electron chi connectivity index (χ1n) is 6.73. The smallest absolute Gasteiger partial charge is 0.196 e. The first-order valence-corrected chi connectivity index (χ1v) is 6.73. The van der Waals surface area contributed by atoms with Crippen LogP contribution in [0.3, 0.4) is 0 Å². The molecular formula is C16H18N4. The fourth-order valence-electron chi connectivity index (χ4n) is 2.65. The van der Waals surface area contributed by atoms with Crippen molar-refractivity contribution in [3.63, 3.8) is 0 Å². The van der Waals surface area contributed by atoms with E-state index >= 15 is 0 Å². The van der Waals surface area contributed by atoms with E-state index in [1.165, 1.54) is 16.7 Å². The molecule has 0 saturated heterocycles. The monoisotopic (exact) mass is 266 g/mol. The molecular weight excluding hydrogens is 248 g/mol. The molecule has 20 heavy (non-hydrogen) atoms. The SMILES string of the molecule is Cc1cccc(N2C(N)=NCC2c2cnccc2C)c1. The van der Waals surface area contributed by atoms with E-state index in [1.807, 2.05) is 24.5 Å². The molecule has 0 amide bonds. The summed E-state index contributed by atoms with van der Waals surface area (Å²) in [5.74, 6) is 0.573. The maximum absolute atomic E-state index is 6.09. The van der Waals surface area contributed by atoms with E-state index < -0.39 is 0 Å². The van der Waals surface area contributed by atoms with Gasteiger partial charge in [0.25, 0.3) is 0 Å². The van der Waals surface area contributed by atoms with Crippen LogP contribution in [0, 0.1) is 13.8 Å². The second-order valence-electron chi connectivity index (χ2n) is 5.16. The van der Waals surface area contributed by atoms with Gasteiger partial charge in [-0.15, -0.1) is 0 Å². The summed E-state index contributed by atoms with van der Waals surface area (Å²) in [5, 5.41) is 0. The van der Waals surface area contributed by atoms with Gasteiger partial charge in [-0.1, -0.05) is 12.1 Å². The lowest BCUT2D eigenvalue weighted by atomic mass is 10.0. The molecule has 1 aliphatic heterocycles. The van der Waals surface area contributed by atoms with Crippen LogP contribution in [0.5, 0.6) is 0 Å². The molecule has 0 radical (unpaired) electrons. The van der Waals surface area contributed by atoms with Gasteiger partial charge in [0, 0.05) is 18.1 Å². The zero-order chi connectivity index (χ0) is 14.1. The van der Waals surface area contributed by atoms with E-state index in [2.05, 4.69) is 46.9 Å². The number of nitrogens with two attached hydrogens (primary N) is 1. The van der Waals surface area contributed by atoms with Crippen molar-refractivity contribution >= 4 is 11.6 Å². The molecule has 1 atom stereocenters. The molecule has 3 rings (SSSR count). The first kappa shape index (κ1) is 12.7. The maximum Gasteiger partial charge on any atom is 0.196 e. The first-order chi connectivity index (χ1) is 9.66. The van der Waals surface area contributed by atoms with Gasteiger partial charge in [0.2, 0.25) is 0 Å². The number of nitrogens with zero attached hydrogens (tertiary/aromatic N) is 3. The molecule has 0 saturated carbocycles. The highest BCUT2D eigenvalue weighted by Crippen LogP contribution is 2.32. The van der Waals surface area contributed by atoms with Crippen molar-refractivity contribution < 1.29 is 0 Å². The third-order valence-corrected chi connectivity index (χ3v) is 3.70. The number of pyridine rings is 1. The molecule has 4 heteroatoms. The van der Waals surface area contributed by atoms with E-state index in [1.54, 1.807) is 0 Å². The standard InChI is InChI=1S/C16H18N4/c1-11-4-3-5-13(8-11)20-15(10-19-16(20)17)14-9-18-7-6-12(14)2/h3-9,15H,10H2,1-2H3,(H2,17,19). The predicted molar refractivity (Wildman–Crippen MR) is 81.9 cm³/mol. The largest absolute Gasteiger partial charge is 0.369 e. The normalized spacial score (nSPS) is 18.2. The minimum Gasteiger partial charge on any atom is -0.369 e. The Kier molecular flexibility index (Phi) is 3.14. The summed E-state index contributed by atoms with van der Waals surface area (Å²) in [4.78, 5) is 10.8. The summed E-state index contributed by atoms with van der Waals surface area (Å²) in [7, 11) is 0. The van der Waals surface area contributed by atoms with Crippen LogP contribution in [0.1, 0.15) is 22.7 Å². The molecule has 2 N–H and O–H groups in total. The molecule has 1 aromatic carbocycles. The van der Waals surface area contributed by atoms with Crippen molar-refractivity contribution in [2.45, 2.75) is 19.9 Å². The van der Waals surface area contributed by atoms with Crippen LogP contribution in [0.25, 0.3) is 0 Å². The molecule has 0 fully saturated rings. The van der Waals surface area contributed by atoms with Crippen LogP contribution in [0.4, 0.5) is 5.69 Å². The van der Waals surface area contributed by atoms with E-state index in [4.69, 9.17) is 5.73 Å². The van der Waals surface area contributed by atoms with E-state index in [0.717, 1.165) is 5.69 Å². The minimum atomic E-state index is 0.130. The van der Waals surface area contributed by atoms with E-state index in [9.17, 15) is 0 Å². The van der Waals surface area contributed by atoms with Crippen LogP contribution in [0.15, 0.2) is 47.7 Å².